The number of rotatable bonds is 3. The van der Waals surface area contributed by atoms with Gasteiger partial charge in [0.05, 0.1) is 15.6 Å². The van der Waals surface area contributed by atoms with E-state index in [-0.39, 0.29) is 11.2 Å². The Morgan fingerprint density at radius 1 is 1.04 bits per heavy atom. The van der Waals surface area contributed by atoms with E-state index in [1.165, 1.54) is 6.33 Å². The molecule has 9 heteroatoms. The van der Waals surface area contributed by atoms with E-state index in [0.717, 1.165) is 0 Å². The van der Waals surface area contributed by atoms with Crippen LogP contribution in [-0.4, -0.2) is 25.6 Å². The van der Waals surface area contributed by atoms with Gasteiger partial charge in [-0.2, -0.15) is 19.6 Å². The molecule has 3 aromatic rings. The second-order valence-electron chi connectivity index (χ2n) is 5.14. The van der Waals surface area contributed by atoms with Crippen LogP contribution >= 0.6 is 46.4 Å². The van der Waals surface area contributed by atoms with Gasteiger partial charge in [-0.25, -0.2) is 0 Å². The maximum Gasteiger partial charge on any atom is 0.255 e. The van der Waals surface area contributed by atoms with E-state index < -0.39 is 0 Å². The summed E-state index contributed by atoms with van der Waals surface area (Å²) in [6.45, 7) is 3.98. The average molecular weight is 391 g/mol. The van der Waals surface area contributed by atoms with Crippen molar-refractivity contribution in [2.45, 2.75) is 19.9 Å². The predicted octanol–water partition coefficient (Wildman–Crippen LogP) is 5.23. The predicted molar refractivity (Wildman–Crippen MR) is 95.0 cm³/mol. The van der Waals surface area contributed by atoms with Gasteiger partial charge in [-0.05, 0) is 26.0 Å². The van der Waals surface area contributed by atoms with Crippen molar-refractivity contribution in [3.63, 3.8) is 0 Å². The van der Waals surface area contributed by atoms with Gasteiger partial charge in [-0.15, -0.1) is 0 Å². The van der Waals surface area contributed by atoms with Crippen LogP contribution in [0.15, 0.2) is 18.5 Å². The zero-order valence-electron chi connectivity index (χ0n) is 12.1. The van der Waals surface area contributed by atoms with E-state index in [4.69, 9.17) is 46.4 Å². The Hall–Kier alpha value is -1.27. The van der Waals surface area contributed by atoms with Crippen LogP contribution in [0.4, 0.5) is 5.82 Å². The summed E-state index contributed by atoms with van der Waals surface area (Å²) < 4.78 is 1.56. The molecule has 0 radical (unpaired) electrons. The molecule has 0 atom stereocenters. The third-order valence-electron chi connectivity index (χ3n) is 3.07. The molecular weight excluding hydrogens is 380 g/mol. The lowest BCUT2D eigenvalue weighted by atomic mass is 10.1. The van der Waals surface area contributed by atoms with Gasteiger partial charge in [0.2, 0.25) is 0 Å². The van der Waals surface area contributed by atoms with Crippen molar-refractivity contribution < 1.29 is 0 Å². The third kappa shape index (κ3) is 3.06. The van der Waals surface area contributed by atoms with Gasteiger partial charge in [0.15, 0.2) is 0 Å². The molecule has 0 saturated heterocycles. The number of halogens is 4. The molecule has 0 spiro atoms. The van der Waals surface area contributed by atoms with Gasteiger partial charge in [0.25, 0.3) is 5.78 Å². The molecule has 0 fully saturated rings. The largest absolute Gasteiger partial charge is 0.367 e. The summed E-state index contributed by atoms with van der Waals surface area (Å²) in [4.78, 5) is 8.32. The highest BCUT2D eigenvalue weighted by Crippen LogP contribution is 2.43. The molecule has 23 heavy (non-hydrogen) atoms. The number of aromatic nitrogens is 4. The van der Waals surface area contributed by atoms with Gasteiger partial charge in [0, 0.05) is 16.6 Å². The van der Waals surface area contributed by atoms with Crippen LogP contribution in [-0.2, 0) is 0 Å². The van der Waals surface area contributed by atoms with Gasteiger partial charge in [0.1, 0.15) is 17.3 Å². The lowest BCUT2D eigenvalue weighted by Crippen LogP contribution is -2.15. The lowest BCUT2D eigenvalue weighted by Gasteiger charge is -2.18. The Morgan fingerprint density at radius 2 is 1.70 bits per heavy atom. The van der Waals surface area contributed by atoms with Crippen molar-refractivity contribution in [1.82, 2.24) is 19.6 Å². The van der Waals surface area contributed by atoms with E-state index >= 15 is 0 Å². The molecule has 120 valence electrons. The molecule has 1 N–H and O–H groups in total. The molecule has 2 aromatic heterocycles. The maximum absolute atomic E-state index is 6.38. The van der Waals surface area contributed by atoms with E-state index in [1.807, 2.05) is 13.8 Å². The Morgan fingerprint density at radius 3 is 2.30 bits per heavy atom. The van der Waals surface area contributed by atoms with Crippen LogP contribution in [0.5, 0.6) is 0 Å². The lowest BCUT2D eigenvalue weighted by molar-refractivity contribution is 0.852. The molecule has 0 aliphatic carbocycles. The topological polar surface area (TPSA) is 55.1 Å². The molecule has 3 rings (SSSR count). The fourth-order valence-electron chi connectivity index (χ4n) is 2.23. The molecule has 0 unspecified atom stereocenters. The molecule has 0 saturated carbocycles. The summed E-state index contributed by atoms with van der Waals surface area (Å²) >= 11 is 25.1. The van der Waals surface area contributed by atoms with Crippen LogP contribution in [0, 0.1) is 0 Å². The third-order valence-corrected chi connectivity index (χ3v) is 4.15. The summed E-state index contributed by atoms with van der Waals surface area (Å²) in [6.07, 6.45) is 1.40. The molecule has 5 nitrogen and oxygen atoms in total. The molecule has 0 aliphatic heterocycles. The molecule has 0 amide bonds. The van der Waals surface area contributed by atoms with Crippen molar-refractivity contribution in [2.75, 3.05) is 5.32 Å². The number of nitrogens with zero attached hydrogens (tertiary/aromatic N) is 4. The SMILES string of the molecule is CC(C)Nc1c(-c2c(Cl)cc(Cl)cc2Cl)c(Cl)nc2ncnn12. The first-order valence-corrected chi connectivity index (χ1v) is 8.20. The smallest absolute Gasteiger partial charge is 0.255 e. The molecule has 0 aliphatic rings. The standard InChI is InChI=1S/C14H11Cl4N5/c1-6(2)21-13-11(10-8(16)3-7(15)4-9(10)17)12(18)22-14-19-5-20-23(13)14/h3-6,21H,1-2H3. The summed E-state index contributed by atoms with van der Waals surface area (Å²) in [5, 5.41) is 8.89. The first-order valence-electron chi connectivity index (χ1n) is 6.69. The van der Waals surface area contributed by atoms with Crippen LogP contribution in [0.3, 0.4) is 0 Å². The van der Waals surface area contributed by atoms with Crippen LogP contribution in [0.25, 0.3) is 16.9 Å². The second kappa shape index (κ2) is 6.32. The van der Waals surface area contributed by atoms with Gasteiger partial charge >= 0.3 is 0 Å². The normalized spacial score (nSPS) is 11.4. The van der Waals surface area contributed by atoms with Crippen LogP contribution in [0.1, 0.15) is 13.8 Å². The van der Waals surface area contributed by atoms with Crippen molar-refractivity contribution >= 4 is 58.0 Å². The van der Waals surface area contributed by atoms with Crippen molar-refractivity contribution in [2.24, 2.45) is 0 Å². The number of anilines is 1. The summed E-state index contributed by atoms with van der Waals surface area (Å²) in [5.74, 6) is 0.988. The zero-order chi connectivity index (χ0) is 16.7. The monoisotopic (exact) mass is 389 g/mol. The highest BCUT2D eigenvalue weighted by molar-refractivity contribution is 6.43. The minimum atomic E-state index is 0.115. The number of hydrogen-bond donors (Lipinski definition) is 1. The highest BCUT2D eigenvalue weighted by Gasteiger charge is 2.22. The molecule has 2 heterocycles. The molecule has 0 bridgehead atoms. The van der Waals surface area contributed by atoms with E-state index in [1.54, 1.807) is 16.6 Å². The fraction of sp³-hybridized carbons (Fsp3) is 0.214. The van der Waals surface area contributed by atoms with Crippen molar-refractivity contribution in [3.8, 4) is 11.1 Å². The fourth-order valence-corrected chi connectivity index (χ4v) is 3.49. The van der Waals surface area contributed by atoms with Gasteiger partial charge in [-0.1, -0.05) is 46.4 Å². The Bertz CT molecular complexity index is 867. The number of hydrogen-bond acceptors (Lipinski definition) is 4. The maximum atomic E-state index is 6.38. The molecular formula is C14H11Cl4N5. The van der Waals surface area contributed by atoms with Gasteiger partial charge in [-0.3, -0.25) is 0 Å². The van der Waals surface area contributed by atoms with E-state index in [2.05, 4.69) is 20.4 Å². The summed E-state index contributed by atoms with van der Waals surface area (Å²) in [6, 6.07) is 3.32. The summed E-state index contributed by atoms with van der Waals surface area (Å²) in [5.41, 5.74) is 1.08. The Labute approximate surface area is 152 Å². The number of benzene rings is 1. The average Bonchev–Trinajstić information content (AvgIpc) is 2.88. The second-order valence-corrected chi connectivity index (χ2v) is 6.75. The van der Waals surface area contributed by atoms with E-state index in [9.17, 15) is 0 Å². The highest BCUT2D eigenvalue weighted by atomic mass is 35.5. The number of fused-ring (bicyclic) bond motifs is 1. The first-order chi connectivity index (χ1) is 10.9. The van der Waals surface area contributed by atoms with Crippen LogP contribution < -0.4 is 5.32 Å². The minimum absolute atomic E-state index is 0.115. The first kappa shape index (κ1) is 16.6. The minimum Gasteiger partial charge on any atom is -0.367 e. The van der Waals surface area contributed by atoms with Gasteiger partial charge < -0.3 is 5.32 Å². The molecule has 1 aromatic carbocycles. The Balaban J connectivity index is 2.39. The quantitative estimate of drug-likeness (QED) is 0.622. The van der Waals surface area contributed by atoms with Crippen molar-refractivity contribution in [3.05, 3.63) is 38.7 Å². The Kier molecular flexibility index (Phi) is 4.56. The van der Waals surface area contributed by atoms with E-state index in [0.29, 0.717) is 37.8 Å². The van der Waals surface area contributed by atoms with Crippen molar-refractivity contribution in [1.29, 1.82) is 0 Å². The van der Waals surface area contributed by atoms with Crippen LogP contribution in [0.2, 0.25) is 20.2 Å². The number of nitrogens with one attached hydrogen (secondary N) is 1. The summed E-state index contributed by atoms with van der Waals surface area (Å²) in [7, 11) is 0. The zero-order valence-corrected chi connectivity index (χ0v) is 15.1.